The number of nitrogens with zero attached hydrogens (tertiary/aromatic N) is 3. The summed E-state index contributed by atoms with van der Waals surface area (Å²) < 4.78 is 39.6. The lowest BCUT2D eigenvalue weighted by Gasteiger charge is -2.15. The van der Waals surface area contributed by atoms with Crippen LogP contribution in [0.15, 0.2) is 30.6 Å². The van der Waals surface area contributed by atoms with E-state index in [1.165, 1.54) is 30.6 Å². The lowest BCUT2D eigenvalue weighted by molar-refractivity contribution is -0.137. The van der Waals surface area contributed by atoms with Crippen LogP contribution in [0.5, 0.6) is 0 Å². The molecule has 6 nitrogen and oxygen atoms in total. The van der Waals surface area contributed by atoms with E-state index in [1.807, 2.05) is 0 Å². The molecule has 0 aliphatic carbocycles. The number of halogens is 3. The van der Waals surface area contributed by atoms with Crippen molar-refractivity contribution in [3.8, 4) is 17.3 Å². The SMILES string of the molecule is N#Cc1c(C(F)(F)F)cc(-c2ccncc2)nc1NCC(N)=O. The minimum absolute atomic E-state index is 0.00862. The molecule has 0 spiro atoms. The Morgan fingerprint density at radius 1 is 1.35 bits per heavy atom. The number of hydrogen-bond donors (Lipinski definition) is 2. The molecule has 0 saturated carbocycles. The Morgan fingerprint density at radius 3 is 2.52 bits per heavy atom. The smallest absolute Gasteiger partial charge is 0.368 e. The Kier molecular flexibility index (Phi) is 4.45. The highest BCUT2D eigenvalue weighted by atomic mass is 19.4. The number of rotatable bonds is 4. The molecular weight excluding hydrogens is 311 g/mol. The zero-order valence-electron chi connectivity index (χ0n) is 11.6. The molecule has 0 aliphatic rings. The standard InChI is InChI=1S/C14H10F3N5O/c15-14(16,17)10-5-11(8-1-3-20-4-2-8)22-13(9(10)6-18)21-7-12(19)23/h1-5H,7H2,(H2,19,23)(H,21,22). The number of carbonyl (C=O) groups excluding carboxylic acids is 1. The lowest BCUT2D eigenvalue weighted by atomic mass is 10.0. The monoisotopic (exact) mass is 321 g/mol. The Balaban J connectivity index is 2.64. The molecule has 2 heterocycles. The summed E-state index contributed by atoms with van der Waals surface area (Å²) in [6, 6.07) is 5.20. The third kappa shape index (κ3) is 3.74. The van der Waals surface area contributed by atoms with Gasteiger partial charge in [0.2, 0.25) is 5.91 Å². The van der Waals surface area contributed by atoms with Gasteiger partial charge in [0.1, 0.15) is 17.5 Å². The van der Waals surface area contributed by atoms with Crippen LogP contribution < -0.4 is 11.1 Å². The maximum absolute atomic E-state index is 13.2. The van der Waals surface area contributed by atoms with Crippen LogP contribution in [0.1, 0.15) is 11.1 Å². The van der Waals surface area contributed by atoms with E-state index >= 15 is 0 Å². The van der Waals surface area contributed by atoms with E-state index in [1.54, 1.807) is 0 Å². The van der Waals surface area contributed by atoms with Gasteiger partial charge in [0.15, 0.2) is 0 Å². The number of anilines is 1. The van der Waals surface area contributed by atoms with Gasteiger partial charge in [-0.05, 0) is 18.2 Å². The van der Waals surface area contributed by atoms with Crippen LogP contribution in [0.4, 0.5) is 19.0 Å². The average molecular weight is 321 g/mol. The van der Waals surface area contributed by atoms with Gasteiger partial charge in [-0.2, -0.15) is 18.4 Å². The Morgan fingerprint density at radius 2 is 2.00 bits per heavy atom. The fourth-order valence-electron chi connectivity index (χ4n) is 1.85. The quantitative estimate of drug-likeness (QED) is 0.895. The molecule has 0 aliphatic heterocycles. The molecule has 118 valence electrons. The van der Waals surface area contributed by atoms with Crippen molar-refractivity contribution in [2.24, 2.45) is 5.73 Å². The number of carbonyl (C=O) groups is 1. The van der Waals surface area contributed by atoms with E-state index in [4.69, 9.17) is 11.0 Å². The first-order valence-electron chi connectivity index (χ1n) is 6.28. The van der Waals surface area contributed by atoms with Gasteiger partial charge in [-0.3, -0.25) is 9.78 Å². The summed E-state index contributed by atoms with van der Waals surface area (Å²) in [5.41, 5.74) is 3.50. The van der Waals surface area contributed by atoms with Gasteiger partial charge in [-0.1, -0.05) is 0 Å². The van der Waals surface area contributed by atoms with Gasteiger partial charge in [-0.15, -0.1) is 0 Å². The Bertz CT molecular complexity index is 768. The van der Waals surface area contributed by atoms with E-state index < -0.39 is 29.8 Å². The predicted molar refractivity (Wildman–Crippen MR) is 74.9 cm³/mol. The molecule has 3 N–H and O–H groups in total. The third-order valence-electron chi connectivity index (χ3n) is 2.84. The van der Waals surface area contributed by atoms with E-state index in [0.29, 0.717) is 5.56 Å². The van der Waals surface area contributed by atoms with E-state index in [2.05, 4.69) is 15.3 Å². The summed E-state index contributed by atoms with van der Waals surface area (Å²) in [7, 11) is 0. The number of nitrogens with one attached hydrogen (secondary N) is 1. The van der Waals surface area contributed by atoms with Gasteiger partial charge >= 0.3 is 6.18 Å². The number of pyridine rings is 2. The lowest BCUT2D eigenvalue weighted by Crippen LogP contribution is -2.23. The van der Waals surface area contributed by atoms with Crippen LogP contribution >= 0.6 is 0 Å². The summed E-state index contributed by atoms with van der Waals surface area (Å²) in [4.78, 5) is 18.6. The maximum atomic E-state index is 13.2. The van der Waals surface area contributed by atoms with Crippen molar-refractivity contribution in [3.05, 3.63) is 41.7 Å². The molecule has 0 fully saturated rings. The fourth-order valence-corrected chi connectivity index (χ4v) is 1.85. The highest BCUT2D eigenvalue weighted by Gasteiger charge is 2.36. The molecule has 1 amide bonds. The highest BCUT2D eigenvalue weighted by Crippen LogP contribution is 2.36. The summed E-state index contributed by atoms with van der Waals surface area (Å²) in [5.74, 6) is -1.15. The number of amides is 1. The fraction of sp³-hybridized carbons (Fsp3) is 0.143. The number of hydrogen-bond acceptors (Lipinski definition) is 5. The average Bonchev–Trinajstić information content (AvgIpc) is 2.51. The van der Waals surface area contributed by atoms with Crippen LogP contribution in [0, 0.1) is 11.3 Å². The van der Waals surface area contributed by atoms with E-state index in [-0.39, 0.29) is 11.5 Å². The van der Waals surface area contributed by atoms with Crippen molar-refractivity contribution < 1.29 is 18.0 Å². The maximum Gasteiger partial charge on any atom is 0.417 e. The van der Waals surface area contributed by atoms with Gasteiger partial charge < -0.3 is 11.1 Å². The molecule has 2 aromatic heterocycles. The van der Waals surface area contributed by atoms with Crippen molar-refractivity contribution >= 4 is 11.7 Å². The molecule has 0 saturated heterocycles. The number of aromatic nitrogens is 2. The largest absolute Gasteiger partial charge is 0.417 e. The van der Waals surface area contributed by atoms with Crippen LogP contribution in [-0.2, 0) is 11.0 Å². The Labute approximate surface area is 128 Å². The van der Waals surface area contributed by atoms with Crippen LogP contribution in [0.3, 0.4) is 0 Å². The molecule has 9 heteroatoms. The third-order valence-corrected chi connectivity index (χ3v) is 2.84. The van der Waals surface area contributed by atoms with Crippen LogP contribution in [0.25, 0.3) is 11.3 Å². The molecule has 0 bridgehead atoms. The zero-order chi connectivity index (χ0) is 17.0. The normalized spacial score (nSPS) is 10.9. The molecule has 23 heavy (non-hydrogen) atoms. The molecule has 0 atom stereocenters. The van der Waals surface area contributed by atoms with Gasteiger partial charge in [0, 0.05) is 18.0 Å². The molecule has 2 aromatic rings. The topological polar surface area (TPSA) is 105 Å². The molecule has 0 radical (unpaired) electrons. The van der Waals surface area contributed by atoms with Crippen LogP contribution in [-0.4, -0.2) is 22.4 Å². The summed E-state index contributed by atoms with van der Waals surface area (Å²) in [6.45, 7) is -0.446. The molecular formula is C14H10F3N5O. The highest BCUT2D eigenvalue weighted by molar-refractivity contribution is 5.79. The second-order valence-electron chi connectivity index (χ2n) is 4.44. The summed E-state index contributed by atoms with van der Waals surface area (Å²) in [5, 5.41) is 11.4. The first-order chi connectivity index (χ1) is 10.8. The number of nitrogens with two attached hydrogens (primary N) is 1. The van der Waals surface area contributed by atoms with Crippen LogP contribution in [0.2, 0.25) is 0 Å². The zero-order valence-corrected chi connectivity index (χ0v) is 11.6. The number of nitriles is 1. The molecule has 2 rings (SSSR count). The van der Waals surface area contributed by atoms with Gasteiger partial charge in [0.05, 0.1) is 17.8 Å². The Hall–Kier alpha value is -3.15. The second-order valence-corrected chi connectivity index (χ2v) is 4.44. The van der Waals surface area contributed by atoms with E-state index in [0.717, 1.165) is 6.07 Å². The van der Waals surface area contributed by atoms with Gasteiger partial charge in [0.25, 0.3) is 0 Å². The first kappa shape index (κ1) is 16.2. The van der Waals surface area contributed by atoms with Crippen molar-refractivity contribution in [2.45, 2.75) is 6.18 Å². The molecule has 0 unspecified atom stereocenters. The summed E-state index contributed by atoms with van der Waals surface area (Å²) in [6.07, 6.45) is -1.95. The predicted octanol–water partition coefficient (Wildman–Crippen LogP) is 1.93. The van der Waals surface area contributed by atoms with Gasteiger partial charge in [-0.25, -0.2) is 4.98 Å². The second kappa shape index (κ2) is 6.31. The van der Waals surface area contributed by atoms with E-state index in [9.17, 15) is 18.0 Å². The number of alkyl halides is 3. The number of primary amides is 1. The van der Waals surface area contributed by atoms with Crippen molar-refractivity contribution in [1.29, 1.82) is 5.26 Å². The van der Waals surface area contributed by atoms with Crippen molar-refractivity contribution in [1.82, 2.24) is 9.97 Å². The summed E-state index contributed by atoms with van der Waals surface area (Å²) >= 11 is 0. The first-order valence-corrected chi connectivity index (χ1v) is 6.28. The molecule has 0 aromatic carbocycles. The van der Waals surface area contributed by atoms with Crippen molar-refractivity contribution in [3.63, 3.8) is 0 Å². The minimum Gasteiger partial charge on any atom is -0.368 e. The minimum atomic E-state index is -4.75. The van der Waals surface area contributed by atoms with Crippen molar-refractivity contribution in [2.75, 3.05) is 11.9 Å².